The van der Waals surface area contributed by atoms with E-state index in [4.69, 9.17) is 14.2 Å². The van der Waals surface area contributed by atoms with E-state index in [0.29, 0.717) is 17.1 Å². The molecule has 1 saturated carbocycles. The topological polar surface area (TPSA) is 114 Å². The summed E-state index contributed by atoms with van der Waals surface area (Å²) in [7, 11) is 3.89. The van der Waals surface area contributed by atoms with Crippen LogP contribution in [0.3, 0.4) is 0 Å². The monoisotopic (exact) mass is 409 g/mol. The summed E-state index contributed by atoms with van der Waals surface area (Å²) < 4.78 is 20.9. The minimum Gasteiger partial charge on any atom is -0.493 e. The highest BCUT2D eigenvalue weighted by Crippen LogP contribution is 2.37. The smallest absolute Gasteiger partial charge is 0.310 e. The molecule has 0 unspecified atom stereocenters. The average molecular weight is 409 g/mol. The molecule has 1 aliphatic carbocycles. The van der Waals surface area contributed by atoms with Crippen LogP contribution in [0.5, 0.6) is 11.5 Å². The summed E-state index contributed by atoms with van der Waals surface area (Å²) in [5.41, 5.74) is 0.495. The first-order valence-corrected chi connectivity index (χ1v) is 9.50. The van der Waals surface area contributed by atoms with Crippen LogP contribution in [0.25, 0.3) is 0 Å². The Bertz CT molecular complexity index is 729. The van der Waals surface area contributed by atoms with E-state index < -0.39 is 35.2 Å². The minimum absolute atomic E-state index is 0.0552. The zero-order valence-corrected chi connectivity index (χ0v) is 16.9. The number of esters is 2. The van der Waals surface area contributed by atoms with Gasteiger partial charge < -0.3 is 18.9 Å². The first-order valence-electron chi connectivity index (χ1n) is 9.50. The summed E-state index contributed by atoms with van der Waals surface area (Å²) in [6.45, 7) is -0.550. The number of nitrogens with zero attached hydrogens (tertiary/aromatic N) is 1. The minimum atomic E-state index is -1.06. The lowest BCUT2D eigenvalue weighted by Gasteiger charge is -2.23. The van der Waals surface area contributed by atoms with Crippen LogP contribution in [0, 0.1) is 16.0 Å². The van der Waals surface area contributed by atoms with Crippen LogP contribution < -0.4 is 9.47 Å². The third-order valence-electron chi connectivity index (χ3n) is 5.16. The van der Waals surface area contributed by atoms with Gasteiger partial charge in [-0.05, 0) is 43.4 Å². The van der Waals surface area contributed by atoms with Gasteiger partial charge in [0.05, 0.1) is 45.7 Å². The van der Waals surface area contributed by atoms with Crippen LogP contribution in [0.4, 0.5) is 0 Å². The molecule has 1 fully saturated rings. The molecule has 1 aromatic carbocycles. The Hall–Kier alpha value is -2.84. The Labute approximate surface area is 169 Å². The van der Waals surface area contributed by atoms with Crippen molar-refractivity contribution in [2.45, 2.75) is 44.1 Å². The lowest BCUT2D eigenvalue weighted by molar-refractivity contribution is -0.484. The van der Waals surface area contributed by atoms with Crippen molar-refractivity contribution in [1.29, 1.82) is 0 Å². The molecular weight excluding hydrogens is 382 g/mol. The molecule has 0 aromatic heterocycles. The maximum absolute atomic E-state index is 12.3. The summed E-state index contributed by atoms with van der Waals surface area (Å²) >= 11 is 0. The number of benzene rings is 1. The Morgan fingerprint density at radius 1 is 1.14 bits per heavy atom. The van der Waals surface area contributed by atoms with Gasteiger partial charge in [-0.3, -0.25) is 19.7 Å². The van der Waals surface area contributed by atoms with Crippen LogP contribution in [-0.4, -0.2) is 50.8 Å². The molecule has 2 rings (SSSR count). The van der Waals surface area contributed by atoms with Gasteiger partial charge in [0, 0.05) is 4.92 Å². The molecule has 9 nitrogen and oxygen atoms in total. The number of methoxy groups -OCH3 is 3. The quantitative estimate of drug-likeness (QED) is 0.329. The van der Waals surface area contributed by atoms with Gasteiger partial charge in [0.2, 0.25) is 6.54 Å². The standard InChI is InChI=1S/C20H27NO8/c1-26-17-9-8-13(10-18(17)29-14-6-4-5-7-14)16(12-21(24)25)15(20(23)28-3)11-19(22)27-2/h8-10,14-16H,4-7,11-12H2,1-3H3/t15-,16-/m0/s1. The van der Waals surface area contributed by atoms with Crippen LogP contribution in [0.2, 0.25) is 0 Å². The largest absolute Gasteiger partial charge is 0.493 e. The Morgan fingerprint density at radius 2 is 1.83 bits per heavy atom. The molecule has 0 aliphatic heterocycles. The van der Waals surface area contributed by atoms with Gasteiger partial charge in [-0.2, -0.15) is 0 Å². The summed E-state index contributed by atoms with van der Waals surface area (Å²) in [6.07, 6.45) is 3.75. The first kappa shape index (κ1) is 22.4. The molecule has 29 heavy (non-hydrogen) atoms. The normalized spacial score (nSPS) is 16.0. The third-order valence-corrected chi connectivity index (χ3v) is 5.16. The molecule has 1 aromatic rings. The van der Waals surface area contributed by atoms with E-state index in [0.717, 1.165) is 25.7 Å². The number of hydrogen-bond acceptors (Lipinski definition) is 8. The lowest BCUT2D eigenvalue weighted by atomic mass is 9.83. The number of rotatable bonds is 10. The van der Waals surface area contributed by atoms with Crippen molar-refractivity contribution < 1.29 is 33.5 Å². The van der Waals surface area contributed by atoms with Crippen molar-refractivity contribution in [1.82, 2.24) is 0 Å². The van der Waals surface area contributed by atoms with Crippen molar-refractivity contribution in [2.24, 2.45) is 5.92 Å². The summed E-state index contributed by atoms with van der Waals surface area (Å²) in [5, 5.41) is 11.3. The van der Waals surface area contributed by atoms with Crippen molar-refractivity contribution >= 4 is 11.9 Å². The van der Waals surface area contributed by atoms with Gasteiger partial charge in [0.1, 0.15) is 0 Å². The van der Waals surface area contributed by atoms with Crippen molar-refractivity contribution in [3.05, 3.63) is 33.9 Å². The number of carbonyl (C=O) groups is 2. The number of ether oxygens (including phenoxy) is 4. The summed E-state index contributed by atoms with van der Waals surface area (Å²) in [6, 6.07) is 4.94. The zero-order chi connectivity index (χ0) is 21.4. The molecule has 0 saturated heterocycles. The summed E-state index contributed by atoms with van der Waals surface area (Å²) in [4.78, 5) is 35.0. The second-order valence-corrected chi connectivity index (χ2v) is 6.97. The highest BCUT2D eigenvalue weighted by molar-refractivity contribution is 5.80. The molecule has 2 atom stereocenters. The van der Waals surface area contributed by atoms with Crippen LogP contribution >= 0.6 is 0 Å². The fourth-order valence-corrected chi connectivity index (χ4v) is 3.63. The molecule has 0 radical (unpaired) electrons. The van der Waals surface area contributed by atoms with Gasteiger partial charge in [0.15, 0.2) is 11.5 Å². The van der Waals surface area contributed by atoms with Crippen LogP contribution in [0.1, 0.15) is 43.6 Å². The predicted molar refractivity (Wildman–Crippen MR) is 103 cm³/mol. The molecule has 0 heterocycles. The van der Waals surface area contributed by atoms with E-state index in [1.165, 1.54) is 21.3 Å². The van der Waals surface area contributed by atoms with Gasteiger partial charge in [-0.1, -0.05) is 6.07 Å². The van der Waals surface area contributed by atoms with Crippen LogP contribution in [0.15, 0.2) is 18.2 Å². The molecule has 0 spiro atoms. The number of nitro groups is 1. The molecule has 0 amide bonds. The highest BCUT2D eigenvalue weighted by Gasteiger charge is 2.37. The van der Waals surface area contributed by atoms with E-state index in [1.807, 2.05) is 0 Å². The fourth-order valence-electron chi connectivity index (χ4n) is 3.63. The molecule has 1 aliphatic rings. The van der Waals surface area contributed by atoms with Gasteiger partial charge in [0.25, 0.3) is 0 Å². The second-order valence-electron chi connectivity index (χ2n) is 6.97. The van der Waals surface area contributed by atoms with Crippen molar-refractivity contribution in [3.8, 4) is 11.5 Å². The number of hydrogen-bond donors (Lipinski definition) is 0. The number of carbonyl (C=O) groups excluding carboxylic acids is 2. The third kappa shape index (κ3) is 6.07. The Morgan fingerprint density at radius 3 is 2.38 bits per heavy atom. The fraction of sp³-hybridized carbons (Fsp3) is 0.600. The molecule has 9 heteroatoms. The predicted octanol–water partition coefficient (Wildman–Crippen LogP) is 2.73. The highest BCUT2D eigenvalue weighted by atomic mass is 16.6. The summed E-state index contributed by atoms with van der Waals surface area (Å²) in [5.74, 6) is -2.35. The maximum Gasteiger partial charge on any atom is 0.310 e. The lowest BCUT2D eigenvalue weighted by Crippen LogP contribution is -2.31. The van der Waals surface area contributed by atoms with Crippen LogP contribution in [-0.2, 0) is 19.1 Å². The zero-order valence-electron chi connectivity index (χ0n) is 16.9. The van der Waals surface area contributed by atoms with Gasteiger partial charge in [-0.15, -0.1) is 0 Å². The molecule has 0 bridgehead atoms. The average Bonchev–Trinajstić information content (AvgIpc) is 3.22. The first-order chi connectivity index (χ1) is 13.9. The van der Waals surface area contributed by atoms with E-state index in [2.05, 4.69) is 4.74 Å². The van der Waals surface area contributed by atoms with E-state index >= 15 is 0 Å². The second kappa shape index (κ2) is 10.6. The molecular formula is C20H27NO8. The Kier molecular flexibility index (Phi) is 8.23. The van der Waals surface area contributed by atoms with Crippen molar-refractivity contribution in [2.75, 3.05) is 27.9 Å². The molecule has 0 N–H and O–H groups in total. The van der Waals surface area contributed by atoms with Gasteiger partial charge in [-0.25, -0.2) is 0 Å². The van der Waals surface area contributed by atoms with Crippen molar-refractivity contribution in [3.63, 3.8) is 0 Å². The van der Waals surface area contributed by atoms with E-state index in [1.54, 1.807) is 18.2 Å². The Balaban J connectivity index is 2.41. The SMILES string of the molecule is COC(=O)C[C@H](C(=O)OC)[C@@H](C[N+](=O)[O-])c1ccc(OC)c(OC2CCCC2)c1. The maximum atomic E-state index is 12.3. The van der Waals surface area contributed by atoms with E-state index in [-0.39, 0.29) is 12.5 Å². The van der Waals surface area contributed by atoms with E-state index in [9.17, 15) is 19.7 Å². The van der Waals surface area contributed by atoms with Gasteiger partial charge >= 0.3 is 11.9 Å². The molecule has 160 valence electrons.